The zero-order valence-corrected chi connectivity index (χ0v) is 36.2. The Morgan fingerprint density at radius 3 is 1.67 bits per heavy atom. The number of nitrogens with one attached hydrogen (secondary N) is 2. The molecule has 2 amide bonds. The molecule has 10 heteroatoms. The number of quaternary nitrogens is 2. The molecule has 2 aromatic rings. The van der Waals surface area contributed by atoms with Crippen molar-refractivity contribution < 1.29 is 62.0 Å². The maximum Gasteiger partial charge on any atom is 0.275 e. The standard InChI is InChI=1S/C42H66N4O4.2BrH/c1-9-13-15-25-43-41(47)33-45(5,6)27-17-29-49-39-24-22-36(32-37(39)20-12-4)38-31-35(19-11-3)21-23-40(38)50-30-18-28-46(7,8)34-42(48)44-26-16-14-10-2;;/h11-12,21-24,31-32H,3-4,9-10,13-20,25-30,33-34H2,1-2,5-8H3;2*1H. The topological polar surface area (TPSA) is 76.7 Å². The van der Waals surface area contributed by atoms with Crippen LogP contribution in [0.1, 0.15) is 76.3 Å². The lowest BCUT2D eigenvalue weighted by Crippen LogP contribution is -3.00. The number of amides is 2. The SMILES string of the molecule is C=CCc1ccc(OCCC[N+](C)(C)CC(=O)NCCCCC)c(-c2ccc(OCCC[N+](C)(C)CC(=O)NCCCCC)c(CC=C)c2)c1.[Br-].[Br-]. The summed E-state index contributed by atoms with van der Waals surface area (Å²) in [7, 11) is 8.39. The van der Waals surface area contributed by atoms with E-state index in [9.17, 15) is 9.59 Å². The fourth-order valence-electron chi connectivity index (χ4n) is 6.03. The molecule has 2 aromatic carbocycles. The van der Waals surface area contributed by atoms with Crippen LogP contribution in [-0.2, 0) is 22.4 Å². The molecule has 0 spiro atoms. The molecule has 0 saturated heterocycles. The van der Waals surface area contributed by atoms with E-state index in [4.69, 9.17) is 9.47 Å². The number of halogens is 2. The van der Waals surface area contributed by atoms with E-state index < -0.39 is 0 Å². The Morgan fingerprint density at radius 1 is 0.673 bits per heavy atom. The zero-order chi connectivity index (χ0) is 36.8. The van der Waals surface area contributed by atoms with Gasteiger partial charge in [-0.05, 0) is 66.6 Å². The summed E-state index contributed by atoms with van der Waals surface area (Å²) >= 11 is 0. The average Bonchev–Trinajstić information content (AvgIpc) is 3.06. The first kappa shape index (κ1) is 49.3. The Morgan fingerprint density at radius 2 is 1.17 bits per heavy atom. The Kier molecular flexibility index (Phi) is 25.6. The van der Waals surface area contributed by atoms with Crippen molar-refractivity contribution in [2.45, 2.75) is 78.1 Å². The number of hydrogen-bond acceptors (Lipinski definition) is 4. The van der Waals surface area contributed by atoms with Crippen molar-refractivity contribution in [1.29, 1.82) is 0 Å². The van der Waals surface area contributed by atoms with E-state index in [2.05, 4.69) is 102 Å². The van der Waals surface area contributed by atoms with Crippen molar-refractivity contribution in [3.63, 3.8) is 0 Å². The molecule has 0 fully saturated rings. The molecule has 2 N–H and O–H groups in total. The predicted molar refractivity (Wildman–Crippen MR) is 209 cm³/mol. The molecular weight excluding hydrogens is 784 g/mol. The second-order valence-electron chi connectivity index (χ2n) is 14.8. The van der Waals surface area contributed by atoms with Gasteiger partial charge in [-0.1, -0.05) is 63.8 Å². The summed E-state index contributed by atoms with van der Waals surface area (Å²) in [6.07, 6.45) is 13.6. The van der Waals surface area contributed by atoms with Gasteiger partial charge in [0.15, 0.2) is 13.1 Å². The number of rotatable bonds is 27. The lowest BCUT2D eigenvalue weighted by Gasteiger charge is -2.29. The van der Waals surface area contributed by atoms with E-state index in [-0.39, 0.29) is 45.8 Å². The number of carbonyl (C=O) groups is 2. The smallest absolute Gasteiger partial charge is 0.275 e. The first-order valence-corrected chi connectivity index (χ1v) is 18.8. The molecule has 0 radical (unpaired) electrons. The Bertz CT molecular complexity index is 1350. The predicted octanol–water partition coefficient (Wildman–Crippen LogP) is 1.12. The molecule has 0 aliphatic heterocycles. The third kappa shape index (κ3) is 20.0. The van der Waals surface area contributed by atoms with E-state index in [0.29, 0.717) is 41.7 Å². The van der Waals surface area contributed by atoms with Crippen molar-refractivity contribution in [3.8, 4) is 22.6 Å². The Balaban J connectivity index is 0.0000130. The quantitative estimate of drug-likeness (QED) is 0.0804. The summed E-state index contributed by atoms with van der Waals surface area (Å²) in [6.45, 7) is 17.5. The molecular formula is C42H68Br2N4O4. The normalized spacial score (nSPS) is 11.1. The number of nitrogens with zero attached hydrogens (tertiary/aromatic N) is 2. The summed E-state index contributed by atoms with van der Waals surface area (Å²) < 4.78 is 13.9. The van der Waals surface area contributed by atoms with Crippen LogP contribution in [0, 0.1) is 0 Å². The van der Waals surface area contributed by atoms with Crippen LogP contribution in [-0.4, -0.2) is 101 Å². The first-order valence-electron chi connectivity index (χ1n) is 18.8. The van der Waals surface area contributed by atoms with Gasteiger partial charge < -0.3 is 63.0 Å². The Labute approximate surface area is 337 Å². The van der Waals surface area contributed by atoms with E-state index in [1.54, 1.807) is 0 Å². The van der Waals surface area contributed by atoms with Crippen molar-refractivity contribution >= 4 is 11.8 Å². The number of ether oxygens (including phenoxy) is 2. The van der Waals surface area contributed by atoms with Crippen LogP contribution in [0.2, 0.25) is 0 Å². The highest BCUT2D eigenvalue weighted by Gasteiger charge is 2.21. The van der Waals surface area contributed by atoms with Crippen LogP contribution >= 0.6 is 0 Å². The molecule has 0 heterocycles. The van der Waals surface area contributed by atoms with Crippen LogP contribution in [0.4, 0.5) is 0 Å². The van der Waals surface area contributed by atoms with Gasteiger partial charge in [0.05, 0.1) is 54.5 Å². The van der Waals surface area contributed by atoms with Gasteiger partial charge in [-0.15, -0.1) is 13.2 Å². The van der Waals surface area contributed by atoms with Crippen LogP contribution in [0.3, 0.4) is 0 Å². The molecule has 0 atom stereocenters. The van der Waals surface area contributed by atoms with Gasteiger partial charge in [0.2, 0.25) is 0 Å². The summed E-state index contributed by atoms with van der Waals surface area (Å²) in [5.74, 6) is 1.91. The maximum atomic E-state index is 12.5. The molecule has 52 heavy (non-hydrogen) atoms. The molecule has 0 aliphatic carbocycles. The van der Waals surface area contributed by atoms with E-state index in [1.165, 1.54) is 5.56 Å². The minimum Gasteiger partial charge on any atom is -1.00 e. The molecule has 0 unspecified atom stereocenters. The number of carbonyl (C=O) groups excluding carboxylic acids is 2. The molecule has 0 bridgehead atoms. The van der Waals surface area contributed by atoms with Crippen molar-refractivity contribution in [2.24, 2.45) is 0 Å². The van der Waals surface area contributed by atoms with Crippen molar-refractivity contribution in [2.75, 3.05) is 80.7 Å². The van der Waals surface area contributed by atoms with Gasteiger partial charge in [-0.2, -0.15) is 0 Å². The Hall–Kier alpha value is -2.66. The van der Waals surface area contributed by atoms with Crippen molar-refractivity contribution in [1.82, 2.24) is 10.6 Å². The lowest BCUT2D eigenvalue weighted by molar-refractivity contribution is -0.882. The average molecular weight is 853 g/mol. The van der Waals surface area contributed by atoms with Crippen molar-refractivity contribution in [3.05, 3.63) is 72.8 Å². The molecule has 0 saturated carbocycles. The van der Waals surface area contributed by atoms with Crippen LogP contribution < -0.4 is 54.1 Å². The first-order chi connectivity index (χ1) is 23.9. The zero-order valence-electron chi connectivity index (χ0n) is 33.0. The highest BCUT2D eigenvalue weighted by molar-refractivity contribution is 5.77. The van der Waals surface area contributed by atoms with E-state index >= 15 is 0 Å². The van der Waals surface area contributed by atoms with Crippen LogP contribution in [0.15, 0.2) is 61.7 Å². The molecule has 2 rings (SSSR count). The summed E-state index contributed by atoms with van der Waals surface area (Å²) in [6, 6.07) is 12.7. The largest absolute Gasteiger partial charge is 1.00 e. The third-order valence-electron chi connectivity index (χ3n) is 8.84. The van der Waals surface area contributed by atoms with Gasteiger partial charge in [0.25, 0.3) is 11.8 Å². The molecule has 0 aromatic heterocycles. The van der Waals surface area contributed by atoms with Gasteiger partial charge >= 0.3 is 0 Å². The molecule has 8 nitrogen and oxygen atoms in total. The number of allylic oxidation sites excluding steroid dienone is 2. The monoisotopic (exact) mass is 850 g/mol. The number of likely N-dealkylation sites (N-methyl/N-ethyl adjacent to an activating group) is 2. The lowest BCUT2D eigenvalue weighted by atomic mass is 9.97. The second kappa shape index (κ2) is 27.0. The van der Waals surface area contributed by atoms with Crippen LogP contribution in [0.25, 0.3) is 11.1 Å². The number of hydrogen-bond donors (Lipinski definition) is 2. The fraction of sp³-hybridized carbons (Fsp3) is 0.571. The maximum absolute atomic E-state index is 12.5. The van der Waals surface area contributed by atoms with Gasteiger partial charge in [0.1, 0.15) is 11.5 Å². The summed E-state index contributed by atoms with van der Waals surface area (Å²) in [5.41, 5.74) is 4.35. The van der Waals surface area contributed by atoms with Gasteiger partial charge in [0, 0.05) is 31.5 Å². The highest BCUT2D eigenvalue weighted by atomic mass is 79.9. The molecule has 294 valence electrons. The van der Waals surface area contributed by atoms with Gasteiger partial charge in [-0.25, -0.2) is 0 Å². The number of benzene rings is 2. The van der Waals surface area contributed by atoms with E-state index in [0.717, 1.165) is 112 Å². The fourth-order valence-corrected chi connectivity index (χ4v) is 6.03. The molecule has 0 aliphatic rings. The minimum absolute atomic E-state index is 0. The van der Waals surface area contributed by atoms with E-state index in [1.807, 2.05) is 12.2 Å². The van der Waals surface area contributed by atoms with Gasteiger partial charge in [-0.3, -0.25) is 9.59 Å². The minimum atomic E-state index is 0. The number of unbranched alkanes of at least 4 members (excludes halogenated alkanes) is 4. The van der Waals surface area contributed by atoms with Crippen LogP contribution in [0.5, 0.6) is 11.5 Å². The summed E-state index contributed by atoms with van der Waals surface area (Å²) in [4.78, 5) is 24.9. The second-order valence-corrected chi connectivity index (χ2v) is 14.8. The highest BCUT2D eigenvalue weighted by Crippen LogP contribution is 2.35. The summed E-state index contributed by atoms with van der Waals surface area (Å²) in [5, 5.41) is 6.12. The third-order valence-corrected chi connectivity index (χ3v) is 8.84.